The SMILES string of the molecule is COc1ccc(-c2cc(COC(=O)c3cnccn3)no2)cc1. The number of benzene rings is 1. The normalized spacial score (nSPS) is 10.3. The molecule has 0 unspecified atom stereocenters. The minimum Gasteiger partial charge on any atom is -0.497 e. The summed E-state index contributed by atoms with van der Waals surface area (Å²) in [4.78, 5) is 19.4. The Hall–Kier alpha value is -3.22. The van der Waals surface area contributed by atoms with Crippen LogP contribution < -0.4 is 4.74 Å². The second kappa shape index (κ2) is 6.69. The number of carbonyl (C=O) groups excluding carboxylic acids is 1. The first-order chi connectivity index (χ1) is 11.3. The molecule has 2 aromatic heterocycles. The number of ether oxygens (including phenoxy) is 2. The number of nitrogens with zero attached hydrogens (tertiary/aromatic N) is 3. The summed E-state index contributed by atoms with van der Waals surface area (Å²) in [5.74, 6) is 0.775. The van der Waals surface area contributed by atoms with Gasteiger partial charge in [-0.2, -0.15) is 0 Å². The van der Waals surface area contributed by atoms with Crippen LogP contribution >= 0.6 is 0 Å². The number of carbonyl (C=O) groups is 1. The fourth-order valence-electron chi connectivity index (χ4n) is 1.89. The molecule has 0 fully saturated rings. The molecule has 7 heteroatoms. The molecule has 0 aliphatic rings. The molecule has 0 atom stereocenters. The molecule has 116 valence electrons. The van der Waals surface area contributed by atoms with Crippen molar-refractivity contribution in [2.45, 2.75) is 6.61 Å². The van der Waals surface area contributed by atoms with Gasteiger partial charge in [-0.15, -0.1) is 0 Å². The van der Waals surface area contributed by atoms with Gasteiger partial charge in [0.05, 0.1) is 13.3 Å². The predicted molar refractivity (Wildman–Crippen MR) is 79.6 cm³/mol. The highest BCUT2D eigenvalue weighted by molar-refractivity contribution is 5.86. The van der Waals surface area contributed by atoms with Crippen LogP contribution in [0, 0.1) is 0 Å². The van der Waals surface area contributed by atoms with Gasteiger partial charge < -0.3 is 14.0 Å². The molecule has 0 bridgehead atoms. The van der Waals surface area contributed by atoms with E-state index in [1.807, 2.05) is 24.3 Å². The summed E-state index contributed by atoms with van der Waals surface area (Å²) in [5, 5.41) is 3.88. The van der Waals surface area contributed by atoms with Gasteiger partial charge in [0, 0.05) is 24.0 Å². The molecular formula is C16H13N3O4. The van der Waals surface area contributed by atoms with E-state index in [9.17, 15) is 4.79 Å². The Morgan fingerprint density at radius 1 is 1.22 bits per heavy atom. The van der Waals surface area contributed by atoms with Gasteiger partial charge >= 0.3 is 5.97 Å². The Morgan fingerprint density at radius 3 is 2.74 bits per heavy atom. The van der Waals surface area contributed by atoms with Crippen LogP contribution in [0.25, 0.3) is 11.3 Å². The topological polar surface area (TPSA) is 87.3 Å². The largest absolute Gasteiger partial charge is 0.497 e. The Kier molecular flexibility index (Phi) is 4.28. The lowest BCUT2D eigenvalue weighted by Gasteiger charge is -2.00. The lowest BCUT2D eigenvalue weighted by atomic mass is 10.1. The lowest BCUT2D eigenvalue weighted by molar-refractivity contribution is 0.0456. The van der Waals surface area contributed by atoms with Crippen molar-refractivity contribution in [3.05, 3.63) is 60.3 Å². The maximum atomic E-state index is 11.8. The van der Waals surface area contributed by atoms with Crippen molar-refractivity contribution in [3.63, 3.8) is 0 Å². The van der Waals surface area contributed by atoms with E-state index in [0.717, 1.165) is 11.3 Å². The molecule has 3 rings (SSSR count). The minimum absolute atomic E-state index is 0.00490. The zero-order valence-corrected chi connectivity index (χ0v) is 12.3. The molecule has 23 heavy (non-hydrogen) atoms. The number of hydrogen-bond donors (Lipinski definition) is 0. The average molecular weight is 311 g/mol. The van der Waals surface area contributed by atoms with Crippen LogP contribution in [0.4, 0.5) is 0 Å². The molecule has 0 amide bonds. The maximum absolute atomic E-state index is 11.8. The third-order valence-electron chi connectivity index (χ3n) is 3.06. The van der Waals surface area contributed by atoms with Crippen LogP contribution in [0.2, 0.25) is 0 Å². The summed E-state index contributed by atoms with van der Waals surface area (Å²) in [7, 11) is 1.60. The monoisotopic (exact) mass is 311 g/mol. The standard InChI is InChI=1S/C16H13N3O4/c1-21-13-4-2-11(3-5-13)15-8-12(19-23-15)10-22-16(20)14-9-17-6-7-18-14/h2-9H,10H2,1H3. The van der Waals surface area contributed by atoms with Gasteiger partial charge in [-0.1, -0.05) is 5.16 Å². The van der Waals surface area contributed by atoms with Gasteiger partial charge in [0.2, 0.25) is 0 Å². The second-order valence-corrected chi connectivity index (χ2v) is 4.58. The number of methoxy groups -OCH3 is 1. The molecule has 0 N–H and O–H groups in total. The maximum Gasteiger partial charge on any atom is 0.358 e. The van der Waals surface area contributed by atoms with Gasteiger partial charge in [-0.3, -0.25) is 4.98 Å². The molecule has 0 radical (unpaired) electrons. The molecule has 2 heterocycles. The van der Waals surface area contributed by atoms with Crippen LogP contribution in [0.1, 0.15) is 16.2 Å². The second-order valence-electron chi connectivity index (χ2n) is 4.58. The highest BCUT2D eigenvalue weighted by atomic mass is 16.5. The Balaban J connectivity index is 1.64. The van der Waals surface area contributed by atoms with Crippen LogP contribution in [-0.4, -0.2) is 28.2 Å². The summed E-state index contributed by atoms with van der Waals surface area (Å²) in [6.45, 7) is -0.00490. The third kappa shape index (κ3) is 3.52. The number of aromatic nitrogens is 3. The summed E-state index contributed by atoms with van der Waals surface area (Å²) in [5.41, 5.74) is 1.50. The summed E-state index contributed by atoms with van der Waals surface area (Å²) in [6.07, 6.45) is 4.25. The first-order valence-electron chi connectivity index (χ1n) is 6.79. The highest BCUT2D eigenvalue weighted by Gasteiger charge is 2.12. The number of hydrogen-bond acceptors (Lipinski definition) is 7. The van der Waals surface area contributed by atoms with Crippen molar-refractivity contribution in [2.75, 3.05) is 7.11 Å². The van der Waals surface area contributed by atoms with E-state index < -0.39 is 5.97 Å². The highest BCUT2D eigenvalue weighted by Crippen LogP contribution is 2.23. The third-order valence-corrected chi connectivity index (χ3v) is 3.06. The first kappa shape index (κ1) is 14.7. The van der Waals surface area contributed by atoms with Crippen molar-refractivity contribution < 1.29 is 18.8 Å². The first-order valence-corrected chi connectivity index (χ1v) is 6.79. The molecule has 0 aliphatic carbocycles. The van der Waals surface area contributed by atoms with Crippen molar-refractivity contribution in [2.24, 2.45) is 0 Å². The van der Waals surface area contributed by atoms with Crippen LogP contribution in [-0.2, 0) is 11.3 Å². The van der Waals surface area contributed by atoms with Gasteiger partial charge in [-0.05, 0) is 24.3 Å². The van der Waals surface area contributed by atoms with Crippen molar-refractivity contribution in [1.82, 2.24) is 15.1 Å². The predicted octanol–water partition coefficient (Wildman–Crippen LogP) is 2.50. The Morgan fingerprint density at radius 2 is 2.04 bits per heavy atom. The molecule has 0 saturated heterocycles. The van der Waals surface area contributed by atoms with E-state index in [1.54, 1.807) is 13.2 Å². The summed E-state index contributed by atoms with van der Waals surface area (Å²) in [6, 6.07) is 9.08. The summed E-state index contributed by atoms with van der Waals surface area (Å²) < 4.78 is 15.5. The van der Waals surface area contributed by atoms with Crippen molar-refractivity contribution in [1.29, 1.82) is 0 Å². The van der Waals surface area contributed by atoms with Crippen LogP contribution in [0.5, 0.6) is 5.75 Å². The van der Waals surface area contributed by atoms with Crippen molar-refractivity contribution >= 4 is 5.97 Å². The quantitative estimate of drug-likeness (QED) is 0.669. The number of esters is 1. The smallest absolute Gasteiger partial charge is 0.358 e. The van der Waals surface area contributed by atoms with E-state index in [0.29, 0.717) is 11.5 Å². The van der Waals surface area contributed by atoms with Crippen molar-refractivity contribution in [3.8, 4) is 17.1 Å². The zero-order valence-electron chi connectivity index (χ0n) is 12.3. The van der Waals surface area contributed by atoms with Gasteiger partial charge in [0.1, 0.15) is 18.1 Å². The Bertz CT molecular complexity index is 785. The molecule has 3 aromatic rings. The lowest BCUT2D eigenvalue weighted by Crippen LogP contribution is -2.07. The van der Waals surface area contributed by atoms with E-state index in [-0.39, 0.29) is 12.3 Å². The van der Waals surface area contributed by atoms with E-state index in [1.165, 1.54) is 18.6 Å². The molecule has 0 spiro atoms. The molecule has 7 nitrogen and oxygen atoms in total. The zero-order chi connectivity index (χ0) is 16.1. The molecule has 1 aromatic carbocycles. The fourth-order valence-corrected chi connectivity index (χ4v) is 1.89. The molecule has 0 saturated carbocycles. The van der Waals surface area contributed by atoms with Crippen LogP contribution in [0.15, 0.2) is 53.4 Å². The molecular weight excluding hydrogens is 298 g/mol. The summed E-state index contributed by atoms with van der Waals surface area (Å²) >= 11 is 0. The van der Waals surface area contributed by atoms with Gasteiger partial charge in [0.15, 0.2) is 11.5 Å². The Labute approximate surface area is 131 Å². The van der Waals surface area contributed by atoms with E-state index in [4.69, 9.17) is 14.0 Å². The van der Waals surface area contributed by atoms with Crippen LogP contribution in [0.3, 0.4) is 0 Å². The minimum atomic E-state index is -0.563. The fraction of sp³-hybridized carbons (Fsp3) is 0.125. The van der Waals surface area contributed by atoms with Gasteiger partial charge in [-0.25, -0.2) is 9.78 Å². The van der Waals surface area contributed by atoms with Gasteiger partial charge in [0.25, 0.3) is 0 Å². The molecule has 0 aliphatic heterocycles. The average Bonchev–Trinajstić information content (AvgIpc) is 3.09. The van der Waals surface area contributed by atoms with E-state index >= 15 is 0 Å². The number of rotatable bonds is 5. The van der Waals surface area contributed by atoms with E-state index in [2.05, 4.69) is 15.1 Å².